The van der Waals surface area contributed by atoms with Crippen LogP contribution in [-0.2, 0) is 6.54 Å². The van der Waals surface area contributed by atoms with E-state index in [1.54, 1.807) is 19.1 Å². The minimum atomic E-state index is -1.21. The van der Waals surface area contributed by atoms with Crippen LogP contribution in [0, 0.1) is 17.0 Å². The smallest absolute Gasteiger partial charge is 0.342 e. The van der Waals surface area contributed by atoms with E-state index in [-0.39, 0.29) is 18.9 Å². The van der Waals surface area contributed by atoms with Crippen molar-refractivity contribution in [3.05, 3.63) is 63.6 Å². The van der Waals surface area contributed by atoms with Gasteiger partial charge in [-0.2, -0.15) is 0 Å². The van der Waals surface area contributed by atoms with Crippen LogP contribution in [0.25, 0.3) is 10.8 Å². The Bertz CT molecular complexity index is 1470. The zero-order chi connectivity index (χ0) is 31.2. The summed E-state index contributed by atoms with van der Waals surface area (Å²) in [5.41, 5.74) is 1.86. The number of aliphatic hydroxyl groups excluding tert-OH is 1. The van der Waals surface area contributed by atoms with Crippen molar-refractivity contribution in [1.82, 2.24) is 19.4 Å². The molecule has 0 spiro atoms. The van der Waals surface area contributed by atoms with E-state index in [0.717, 1.165) is 54.9 Å². The molecule has 1 aromatic heterocycles. The Labute approximate surface area is 258 Å². The molecule has 0 bridgehead atoms. The highest BCUT2D eigenvalue weighted by atomic mass is 16.6. The molecule has 3 aromatic rings. The zero-order valence-corrected chi connectivity index (χ0v) is 25.9. The maximum atomic E-state index is 13.6. The van der Waals surface area contributed by atoms with Gasteiger partial charge in [0, 0.05) is 60.7 Å². The second-order valence-corrected chi connectivity index (χ2v) is 12.1. The standard InChI is InChI=1S/C33H44N6O5/c1-3-4-5-6-7-8-9-10-16-35-17-19-36(20-18-35)29-15-14-28-31-26(29)12-11-13-27(31)32(41)38(33(28)42)23-25(40)22-37-24(2)34-21-30(37)39(43)44/h11-15,21,25,40H,3-10,16-20,22-23H2,1-2H3. The van der Waals surface area contributed by atoms with Crippen molar-refractivity contribution in [3.63, 3.8) is 0 Å². The molecule has 11 heteroatoms. The lowest BCUT2D eigenvalue weighted by Crippen LogP contribution is -2.47. The maximum Gasteiger partial charge on any atom is 0.342 e. The van der Waals surface area contributed by atoms with Gasteiger partial charge in [-0.15, -0.1) is 0 Å². The van der Waals surface area contributed by atoms with Crippen molar-refractivity contribution in [2.75, 3.05) is 44.2 Å². The molecule has 1 fully saturated rings. The van der Waals surface area contributed by atoms with Crippen LogP contribution in [0.15, 0.2) is 36.5 Å². The number of carbonyl (C=O) groups is 2. The Hall–Kier alpha value is -3.83. The van der Waals surface area contributed by atoms with Crippen LogP contribution in [0.5, 0.6) is 0 Å². The largest absolute Gasteiger partial charge is 0.387 e. The fourth-order valence-corrected chi connectivity index (χ4v) is 6.56. The van der Waals surface area contributed by atoms with E-state index in [2.05, 4.69) is 21.7 Å². The fourth-order valence-electron chi connectivity index (χ4n) is 6.56. The van der Waals surface area contributed by atoms with Gasteiger partial charge in [-0.1, -0.05) is 64.0 Å². The molecule has 5 rings (SSSR count). The Morgan fingerprint density at radius 3 is 2.25 bits per heavy atom. The number of amides is 2. The van der Waals surface area contributed by atoms with Crippen LogP contribution < -0.4 is 4.90 Å². The molecule has 1 saturated heterocycles. The Balaban J connectivity index is 1.22. The van der Waals surface area contributed by atoms with E-state index in [9.17, 15) is 24.8 Å². The highest BCUT2D eigenvalue weighted by Gasteiger charge is 2.36. The third-order valence-electron chi connectivity index (χ3n) is 9.02. The molecule has 0 saturated carbocycles. The molecule has 2 amide bonds. The Kier molecular flexibility index (Phi) is 10.3. The second kappa shape index (κ2) is 14.3. The monoisotopic (exact) mass is 604 g/mol. The molecule has 2 aliphatic heterocycles. The molecule has 1 N–H and O–H groups in total. The first-order valence-electron chi connectivity index (χ1n) is 16.0. The molecule has 44 heavy (non-hydrogen) atoms. The molecule has 2 aromatic carbocycles. The number of imidazole rings is 1. The van der Waals surface area contributed by atoms with Crippen LogP contribution in [0.4, 0.5) is 11.5 Å². The summed E-state index contributed by atoms with van der Waals surface area (Å²) in [6.45, 7) is 8.27. The van der Waals surface area contributed by atoms with Crippen LogP contribution in [0.3, 0.4) is 0 Å². The van der Waals surface area contributed by atoms with Gasteiger partial charge in [0.2, 0.25) is 0 Å². The SMILES string of the molecule is CCCCCCCCCCN1CCN(c2ccc3c4c(cccc24)C(=O)N(CC(O)Cn2c([N+](=O)[O-])cnc2C)C3=O)CC1. The molecule has 0 aliphatic carbocycles. The predicted molar refractivity (Wildman–Crippen MR) is 170 cm³/mol. The van der Waals surface area contributed by atoms with Gasteiger partial charge in [-0.25, -0.2) is 9.55 Å². The summed E-state index contributed by atoms with van der Waals surface area (Å²) in [7, 11) is 0. The molecule has 1 unspecified atom stereocenters. The third-order valence-corrected chi connectivity index (χ3v) is 9.02. The molecule has 236 valence electrons. The number of nitro groups is 1. The first-order chi connectivity index (χ1) is 21.3. The van der Waals surface area contributed by atoms with Crippen LogP contribution in [-0.4, -0.2) is 86.6 Å². The van der Waals surface area contributed by atoms with Gasteiger partial charge in [0.05, 0.1) is 6.54 Å². The highest BCUT2D eigenvalue weighted by Crippen LogP contribution is 2.36. The molecule has 3 heterocycles. The van der Waals surface area contributed by atoms with E-state index in [4.69, 9.17) is 0 Å². The first-order valence-corrected chi connectivity index (χ1v) is 16.0. The third kappa shape index (κ3) is 6.78. The minimum absolute atomic E-state index is 0.166. The van der Waals surface area contributed by atoms with Crippen molar-refractivity contribution in [2.45, 2.75) is 77.9 Å². The highest BCUT2D eigenvalue weighted by molar-refractivity contribution is 6.26. The van der Waals surface area contributed by atoms with Gasteiger partial charge in [0.15, 0.2) is 5.82 Å². The fraction of sp³-hybridized carbons (Fsp3) is 0.545. The summed E-state index contributed by atoms with van der Waals surface area (Å²) < 4.78 is 1.28. The normalized spacial score (nSPS) is 16.2. The number of carbonyl (C=O) groups excluding carboxylic acids is 2. The van der Waals surface area contributed by atoms with Crippen LogP contribution in [0.1, 0.15) is 84.8 Å². The van der Waals surface area contributed by atoms with Crippen molar-refractivity contribution >= 4 is 34.1 Å². The summed E-state index contributed by atoms with van der Waals surface area (Å²) in [5.74, 6) is -0.842. The summed E-state index contributed by atoms with van der Waals surface area (Å²) in [5, 5.41) is 23.7. The number of hydrogen-bond donors (Lipinski definition) is 1. The van der Waals surface area contributed by atoms with Gasteiger partial charge in [0.25, 0.3) is 11.8 Å². The summed E-state index contributed by atoms with van der Waals surface area (Å²) in [4.78, 5) is 47.8. The number of aromatic nitrogens is 2. The lowest BCUT2D eigenvalue weighted by atomic mass is 9.92. The number of benzene rings is 2. The number of aryl methyl sites for hydroxylation is 1. The number of rotatable bonds is 15. The van der Waals surface area contributed by atoms with Gasteiger partial charge in [-0.05, 0) is 36.1 Å². The molecular formula is C33H44N6O5. The summed E-state index contributed by atoms with van der Waals surface area (Å²) in [6, 6.07) is 9.28. The average molecular weight is 605 g/mol. The lowest BCUT2D eigenvalue weighted by Gasteiger charge is -2.37. The van der Waals surface area contributed by atoms with E-state index < -0.39 is 22.8 Å². The molecule has 1 atom stereocenters. The second-order valence-electron chi connectivity index (χ2n) is 12.1. The molecule has 11 nitrogen and oxygen atoms in total. The number of aliphatic hydroxyl groups is 1. The Morgan fingerprint density at radius 1 is 0.909 bits per heavy atom. The number of nitrogens with zero attached hydrogens (tertiary/aromatic N) is 6. The number of hydrogen-bond acceptors (Lipinski definition) is 8. The summed E-state index contributed by atoms with van der Waals surface area (Å²) in [6.07, 6.45) is 10.5. The Morgan fingerprint density at radius 2 is 1.57 bits per heavy atom. The van der Waals surface area contributed by atoms with Crippen LogP contribution >= 0.6 is 0 Å². The van der Waals surface area contributed by atoms with Crippen molar-refractivity contribution in [2.24, 2.45) is 0 Å². The predicted octanol–water partition coefficient (Wildman–Crippen LogP) is 5.17. The number of piperazine rings is 1. The topological polar surface area (TPSA) is 125 Å². The van der Waals surface area contributed by atoms with E-state index in [1.807, 2.05) is 18.2 Å². The lowest BCUT2D eigenvalue weighted by molar-refractivity contribution is -0.392. The van der Waals surface area contributed by atoms with Gasteiger partial charge in [-0.3, -0.25) is 19.4 Å². The van der Waals surface area contributed by atoms with Gasteiger partial charge in [0.1, 0.15) is 18.8 Å². The van der Waals surface area contributed by atoms with Gasteiger partial charge >= 0.3 is 5.82 Å². The number of unbranched alkanes of at least 4 members (excludes halogenated alkanes) is 7. The van der Waals surface area contributed by atoms with Crippen molar-refractivity contribution in [1.29, 1.82) is 0 Å². The average Bonchev–Trinajstić information content (AvgIpc) is 3.39. The number of β-amino-alcohol motifs (C(OH)–C–C–N with tert-alkyl or cyclic N) is 1. The maximum absolute atomic E-state index is 13.6. The van der Waals surface area contributed by atoms with E-state index in [0.29, 0.717) is 22.3 Å². The van der Waals surface area contributed by atoms with E-state index >= 15 is 0 Å². The quantitative estimate of drug-likeness (QED) is 0.109. The van der Waals surface area contributed by atoms with Gasteiger partial charge < -0.3 is 20.1 Å². The van der Waals surface area contributed by atoms with Crippen molar-refractivity contribution < 1.29 is 19.6 Å². The molecule has 2 aliphatic rings. The first kappa shape index (κ1) is 31.6. The van der Waals surface area contributed by atoms with Crippen LogP contribution in [0.2, 0.25) is 0 Å². The molecule has 0 radical (unpaired) electrons. The van der Waals surface area contributed by atoms with Crippen molar-refractivity contribution in [3.8, 4) is 0 Å². The summed E-state index contributed by atoms with van der Waals surface area (Å²) >= 11 is 0. The number of anilines is 1. The molecular weight excluding hydrogens is 560 g/mol. The number of imide groups is 1. The van der Waals surface area contributed by atoms with E-state index in [1.165, 1.54) is 55.9 Å². The minimum Gasteiger partial charge on any atom is -0.387 e. The zero-order valence-electron chi connectivity index (χ0n) is 25.9.